The number of aromatic nitrogens is 4. The number of pyridine rings is 4. The van der Waals surface area contributed by atoms with Crippen molar-refractivity contribution in [3.05, 3.63) is 66.7 Å². The second kappa shape index (κ2) is 13.3. The number of fused-ring (bicyclic) bond motifs is 1. The van der Waals surface area contributed by atoms with E-state index in [9.17, 15) is 18.0 Å². The van der Waals surface area contributed by atoms with Crippen LogP contribution in [-0.4, -0.2) is 46.7 Å². The Labute approximate surface area is 273 Å². The van der Waals surface area contributed by atoms with Gasteiger partial charge in [0.25, 0.3) is 0 Å². The van der Waals surface area contributed by atoms with Crippen LogP contribution in [0.15, 0.2) is 61.2 Å². The smallest absolute Gasteiger partial charge is 0.325 e. The van der Waals surface area contributed by atoms with E-state index in [1.54, 1.807) is 43.0 Å². The monoisotopic (exact) mass is 655 g/mol. The molecule has 2 saturated carbocycles. The molecule has 0 radical (unpaired) electrons. The van der Waals surface area contributed by atoms with Gasteiger partial charge in [-0.15, -0.1) is 0 Å². The molecule has 2 fully saturated rings. The van der Waals surface area contributed by atoms with Crippen molar-refractivity contribution in [1.29, 1.82) is 0 Å². The molecule has 0 unspecified atom stereocenters. The number of nitrogen functional groups attached to an aromatic ring is 1. The summed E-state index contributed by atoms with van der Waals surface area (Å²) in [6, 6.07) is 11.2. The zero-order chi connectivity index (χ0) is 33.1. The number of anilines is 5. The van der Waals surface area contributed by atoms with Crippen molar-refractivity contribution in [2.24, 2.45) is 11.8 Å². The number of nitrogens with two attached hydrogens (primary N) is 1. The predicted octanol–water partition coefficient (Wildman–Crippen LogP) is 5.02. The number of amides is 2. The Balaban J connectivity index is 0.000000166. The Morgan fingerprint density at radius 3 is 1.98 bits per heavy atom. The van der Waals surface area contributed by atoms with Gasteiger partial charge in [-0.1, -0.05) is 12.8 Å². The molecule has 0 saturated heterocycles. The van der Waals surface area contributed by atoms with E-state index in [1.807, 2.05) is 12.1 Å². The molecule has 2 aliphatic carbocycles. The van der Waals surface area contributed by atoms with Gasteiger partial charge in [0.1, 0.15) is 17.5 Å². The van der Waals surface area contributed by atoms with Gasteiger partial charge in [0, 0.05) is 56.3 Å². The van der Waals surface area contributed by atoms with E-state index >= 15 is 0 Å². The molecular formula is C33H37N9O4S. The Bertz CT molecular complexity index is 1930. The summed E-state index contributed by atoms with van der Waals surface area (Å²) in [7, 11) is -3.57. The van der Waals surface area contributed by atoms with Gasteiger partial charge in [-0.05, 0) is 90.6 Å². The fraction of sp³-hybridized carbons (Fsp3) is 0.333. The summed E-state index contributed by atoms with van der Waals surface area (Å²) in [5.74, 6) is 2.88. The van der Waals surface area contributed by atoms with E-state index < -0.39 is 10.2 Å². The lowest BCUT2D eigenvalue weighted by Crippen LogP contribution is -2.31. The minimum Gasteiger partial charge on any atom is -0.383 e. The van der Waals surface area contributed by atoms with Crippen molar-refractivity contribution in [1.82, 2.24) is 19.9 Å². The SMILES string of the molecule is CC(=O)Nc1cc(-c2cnc(N)c(CCC3CC3)c2)ccn1.CC(=O)Nc1cc(-c2cnc3c(c2)N(CC2CC2)S(=O)(=O)N3)ccn1. The molecule has 7 rings (SSSR count). The molecule has 0 spiro atoms. The zero-order valence-corrected chi connectivity index (χ0v) is 27.0. The maximum atomic E-state index is 12.3. The van der Waals surface area contributed by atoms with Crippen molar-refractivity contribution in [3.8, 4) is 22.3 Å². The zero-order valence-electron chi connectivity index (χ0n) is 26.2. The molecule has 13 nitrogen and oxygen atoms in total. The van der Waals surface area contributed by atoms with Crippen LogP contribution in [0.2, 0.25) is 0 Å². The van der Waals surface area contributed by atoms with Crippen LogP contribution in [0.25, 0.3) is 22.3 Å². The Morgan fingerprint density at radius 2 is 1.40 bits per heavy atom. The number of hydrogen-bond acceptors (Lipinski definition) is 9. The van der Waals surface area contributed by atoms with E-state index in [-0.39, 0.29) is 11.8 Å². The van der Waals surface area contributed by atoms with Crippen molar-refractivity contribution < 1.29 is 18.0 Å². The van der Waals surface area contributed by atoms with Crippen LogP contribution >= 0.6 is 0 Å². The lowest BCUT2D eigenvalue weighted by Gasteiger charge is -2.16. The number of rotatable bonds is 9. The maximum absolute atomic E-state index is 12.3. The molecule has 1 aliphatic heterocycles. The fourth-order valence-corrected chi connectivity index (χ4v) is 6.60. The number of hydrogen-bond donors (Lipinski definition) is 4. The second-order valence-electron chi connectivity index (χ2n) is 12.1. The first-order chi connectivity index (χ1) is 22.5. The highest BCUT2D eigenvalue weighted by atomic mass is 32.2. The molecule has 4 aromatic rings. The number of nitrogens with one attached hydrogen (secondary N) is 3. The molecular weight excluding hydrogens is 618 g/mol. The van der Waals surface area contributed by atoms with E-state index in [0.717, 1.165) is 53.0 Å². The average molecular weight is 656 g/mol. The molecule has 3 aliphatic rings. The standard InChI is InChI=1S/C17H20N4O.C16H17N5O3S/c1-11(22)21-16-9-13(6-7-19-16)15-8-14(17(18)20-10-15)5-4-12-2-3-12;1-10(22)19-15-7-12(4-5-17-15)13-6-14-16(18-8-13)20-25(23,24)21(14)9-11-2-3-11/h6-10,12H,2-5H2,1H3,(H2,18,20)(H,19,21,22);4-8,11H,2-3,9H2,1H3,(H,18,20)(H,17,19,22). The molecule has 47 heavy (non-hydrogen) atoms. The first kappa shape index (κ1) is 31.9. The summed E-state index contributed by atoms with van der Waals surface area (Å²) in [5.41, 5.74) is 11.2. The van der Waals surface area contributed by atoms with Crippen LogP contribution < -0.4 is 25.4 Å². The maximum Gasteiger partial charge on any atom is 0.325 e. The third kappa shape index (κ3) is 8.19. The molecule has 4 aromatic heterocycles. The van der Waals surface area contributed by atoms with Crippen molar-refractivity contribution >= 4 is 51.0 Å². The second-order valence-corrected chi connectivity index (χ2v) is 13.7. The molecule has 5 N–H and O–H groups in total. The number of nitrogens with zero attached hydrogens (tertiary/aromatic N) is 5. The quantitative estimate of drug-likeness (QED) is 0.192. The van der Waals surface area contributed by atoms with E-state index in [0.29, 0.717) is 41.4 Å². The van der Waals surface area contributed by atoms with Crippen LogP contribution in [0.4, 0.5) is 29.0 Å². The fourth-order valence-electron chi connectivity index (χ4n) is 5.28. The Kier molecular flexibility index (Phi) is 9.03. The Hall–Kier alpha value is -5.11. The van der Waals surface area contributed by atoms with E-state index in [1.165, 1.54) is 37.4 Å². The van der Waals surface area contributed by atoms with Gasteiger partial charge in [0.15, 0.2) is 5.82 Å². The molecule has 14 heteroatoms. The lowest BCUT2D eigenvalue weighted by atomic mass is 10.0. The van der Waals surface area contributed by atoms with Gasteiger partial charge >= 0.3 is 10.2 Å². The van der Waals surface area contributed by atoms with Crippen molar-refractivity contribution in [2.45, 2.75) is 52.4 Å². The molecule has 0 bridgehead atoms. The van der Waals surface area contributed by atoms with Crippen LogP contribution in [0.1, 0.15) is 51.5 Å². The van der Waals surface area contributed by atoms with Crippen LogP contribution in [0.3, 0.4) is 0 Å². The first-order valence-electron chi connectivity index (χ1n) is 15.6. The van der Waals surface area contributed by atoms with Crippen molar-refractivity contribution in [2.75, 3.05) is 31.9 Å². The van der Waals surface area contributed by atoms with Gasteiger partial charge in [-0.2, -0.15) is 8.42 Å². The van der Waals surface area contributed by atoms with Crippen LogP contribution in [0, 0.1) is 11.8 Å². The highest BCUT2D eigenvalue weighted by molar-refractivity contribution is 7.94. The normalized spacial score (nSPS) is 15.9. The summed E-state index contributed by atoms with van der Waals surface area (Å²) in [4.78, 5) is 39.1. The summed E-state index contributed by atoms with van der Waals surface area (Å²) >= 11 is 0. The summed E-state index contributed by atoms with van der Waals surface area (Å²) < 4.78 is 28.5. The van der Waals surface area contributed by atoms with Gasteiger partial charge in [0.05, 0.1) is 5.69 Å². The summed E-state index contributed by atoms with van der Waals surface area (Å²) in [6.07, 6.45) is 13.6. The highest BCUT2D eigenvalue weighted by Gasteiger charge is 2.38. The Morgan fingerprint density at radius 1 is 0.830 bits per heavy atom. The van der Waals surface area contributed by atoms with Gasteiger partial charge < -0.3 is 16.4 Å². The summed E-state index contributed by atoms with van der Waals surface area (Å²) in [6.45, 7) is 3.35. The van der Waals surface area contributed by atoms with E-state index in [4.69, 9.17) is 5.73 Å². The third-order valence-electron chi connectivity index (χ3n) is 8.09. The average Bonchev–Trinajstić information content (AvgIpc) is 3.96. The van der Waals surface area contributed by atoms with Gasteiger partial charge in [-0.25, -0.2) is 29.0 Å². The molecule has 2 amide bonds. The largest absolute Gasteiger partial charge is 0.383 e. The topological polar surface area (TPSA) is 185 Å². The molecule has 0 aromatic carbocycles. The molecule has 244 valence electrons. The van der Waals surface area contributed by atoms with E-state index in [2.05, 4.69) is 41.4 Å². The summed E-state index contributed by atoms with van der Waals surface area (Å²) in [5, 5.41) is 5.33. The predicted molar refractivity (Wildman–Crippen MR) is 182 cm³/mol. The number of carbonyl (C=O) groups excluding carboxylic acids is 2. The van der Waals surface area contributed by atoms with Crippen LogP contribution in [-0.2, 0) is 26.2 Å². The minimum atomic E-state index is -3.57. The van der Waals surface area contributed by atoms with Gasteiger partial charge in [-0.3, -0.25) is 9.59 Å². The molecule has 0 atom stereocenters. The van der Waals surface area contributed by atoms with Crippen LogP contribution in [0.5, 0.6) is 0 Å². The van der Waals surface area contributed by atoms with Crippen molar-refractivity contribution in [3.63, 3.8) is 0 Å². The van der Waals surface area contributed by atoms with Gasteiger partial charge in [0.2, 0.25) is 11.8 Å². The minimum absolute atomic E-state index is 0.134. The highest BCUT2D eigenvalue weighted by Crippen LogP contribution is 2.41. The number of carbonyl (C=O) groups is 2. The molecule has 5 heterocycles. The number of aryl methyl sites for hydroxylation is 1. The first-order valence-corrected chi connectivity index (χ1v) is 17.0. The third-order valence-corrected chi connectivity index (χ3v) is 9.47. The lowest BCUT2D eigenvalue weighted by molar-refractivity contribution is -0.115.